The Bertz CT molecular complexity index is 816. The molecule has 0 nitrogen and oxygen atoms in total. The molecule has 0 aliphatic heterocycles. The SMILES string of the molecule is CC1=C(C)[C](C)([Zr]([F])([F])[CH]2C(CC(C)C)=Cc3ccccc32)C(C)=C1C. The normalized spacial score (nSPS) is 22.4. The van der Waals surface area contributed by atoms with Gasteiger partial charge in [0.2, 0.25) is 0 Å². The van der Waals surface area contributed by atoms with Crippen molar-refractivity contribution in [2.45, 2.75) is 61.6 Å². The summed E-state index contributed by atoms with van der Waals surface area (Å²) in [6, 6.07) is 7.81. The average molecular weight is 436 g/mol. The number of hydrogen-bond acceptors (Lipinski definition) is 0. The van der Waals surface area contributed by atoms with Gasteiger partial charge in [-0.25, -0.2) is 0 Å². The standard InChI is InChI=1S/C13H15.C10H15.2FH.Zr/c1-10(2)7-11-8-12-5-3-4-6-13(12)9-11;1-6-7(2)9(4)10(5)8(6)3;;;/h3-6,8-10H,7H2,1-2H3;1-5H3;2*1H;/q;;;;+2/p-2. The fourth-order valence-corrected chi connectivity index (χ4v) is 12.9. The summed E-state index contributed by atoms with van der Waals surface area (Å²) in [4.78, 5) is 0. The van der Waals surface area contributed by atoms with Crippen LogP contribution in [0.4, 0.5) is 5.25 Å². The van der Waals surface area contributed by atoms with Gasteiger partial charge in [0.05, 0.1) is 0 Å². The molecule has 26 heavy (non-hydrogen) atoms. The molecule has 0 aromatic heterocycles. The van der Waals surface area contributed by atoms with E-state index in [1.165, 1.54) is 0 Å². The van der Waals surface area contributed by atoms with Crippen LogP contribution in [0.5, 0.6) is 0 Å². The monoisotopic (exact) mass is 434 g/mol. The van der Waals surface area contributed by atoms with Crippen molar-refractivity contribution < 1.29 is 26.7 Å². The van der Waals surface area contributed by atoms with Crippen molar-refractivity contribution in [1.29, 1.82) is 0 Å². The Labute approximate surface area is 163 Å². The first kappa shape index (κ1) is 19.9. The minimum absolute atomic E-state index is 0.383. The van der Waals surface area contributed by atoms with Crippen molar-refractivity contribution >= 4 is 6.08 Å². The predicted octanol–water partition coefficient (Wildman–Crippen LogP) is 7.96. The van der Waals surface area contributed by atoms with E-state index in [4.69, 9.17) is 0 Å². The molecule has 1 aromatic carbocycles. The number of fused-ring (bicyclic) bond motifs is 1. The third kappa shape index (κ3) is 2.69. The Morgan fingerprint density at radius 3 is 2.08 bits per heavy atom. The Kier molecular flexibility index (Phi) is 5.10. The van der Waals surface area contributed by atoms with Crippen LogP contribution in [0.25, 0.3) is 6.08 Å². The molecule has 0 heterocycles. The molecule has 2 aliphatic carbocycles. The Hall–Kier alpha value is -0.817. The zero-order chi connectivity index (χ0) is 19.4. The van der Waals surface area contributed by atoms with Gasteiger partial charge in [0.15, 0.2) is 0 Å². The fourth-order valence-electron chi connectivity index (χ4n) is 4.85. The van der Waals surface area contributed by atoms with Crippen LogP contribution in [0.15, 0.2) is 52.1 Å². The van der Waals surface area contributed by atoms with E-state index in [0.717, 1.165) is 45.4 Å². The molecule has 140 valence electrons. The van der Waals surface area contributed by atoms with Crippen molar-refractivity contribution in [2.24, 2.45) is 5.92 Å². The fraction of sp³-hybridized carbons (Fsp3) is 0.478. The van der Waals surface area contributed by atoms with E-state index in [9.17, 15) is 0 Å². The van der Waals surface area contributed by atoms with Gasteiger partial charge in [-0.3, -0.25) is 0 Å². The molecule has 0 amide bonds. The molecule has 0 bridgehead atoms. The summed E-state index contributed by atoms with van der Waals surface area (Å²) in [5.74, 6) is 0.383. The molecular weight excluding hydrogens is 405 g/mol. The number of hydrogen-bond donors (Lipinski definition) is 0. The Morgan fingerprint density at radius 1 is 1.00 bits per heavy atom. The number of allylic oxidation sites excluding steroid dienone is 5. The molecule has 1 atom stereocenters. The van der Waals surface area contributed by atoms with Crippen molar-refractivity contribution in [2.75, 3.05) is 0 Å². The van der Waals surface area contributed by atoms with E-state index in [1.807, 2.05) is 58.9 Å². The van der Waals surface area contributed by atoms with Crippen molar-refractivity contribution in [3.63, 3.8) is 0 Å². The van der Waals surface area contributed by atoms with Gasteiger partial charge in [0.25, 0.3) is 0 Å². The second-order valence-corrected chi connectivity index (χ2v) is 15.6. The van der Waals surface area contributed by atoms with Gasteiger partial charge in [-0.1, -0.05) is 0 Å². The molecule has 0 fully saturated rings. The first-order valence-corrected chi connectivity index (χ1v) is 14.1. The molecule has 0 N–H and O–H groups in total. The van der Waals surface area contributed by atoms with Crippen LogP contribution < -0.4 is 0 Å². The third-order valence-electron chi connectivity index (χ3n) is 6.88. The predicted molar refractivity (Wildman–Crippen MR) is 104 cm³/mol. The van der Waals surface area contributed by atoms with Crippen LogP contribution in [0, 0.1) is 5.92 Å². The Balaban J connectivity index is 2.18. The van der Waals surface area contributed by atoms with Crippen molar-refractivity contribution in [3.05, 3.63) is 63.3 Å². The van der Waals surface area contributed by atoms with Crippen molar-refractivity contribution in [1.82, 2.24) is 0 Å². The molecule has 1 unspecified atom stereocenters. The molecule has 0 spiro atoms. The maximum absolute atomic E-state index is 16.5. The average Bonchev–Trinajstić information content (AvgIpc) is 3.01. The summed E-state index contributed by atoms with van der Waals surface area (Å²) in [6.07, 6.45) is 2.81. The summed E-state index contributed by atoms with van der Waals surface area (Å²) in [5, 5.41) is 0. The quantitative estimate of drug-likeness (QED) is 0.450. The molecule has 3 rings (SSSR count). The van der Waals surface area contributed by atoms with Gasteiger partial charge >= 0.3 is 164 Å². The molecule has 2 aliphatic rings. The Morgan fingerprint density at radius 2 is 1.54 bits per heavy atom. The van der Waals surface area contributed by atoms with E-state index >= 15 is 5.25 Å². The van der Waals surface area contributed by atoms with Gasteiger partial charge in [-0.05, 0) is 0 Å². The number of rotatable bonds is 4. The minimum atomic E-state index is -5.69. The molecule has 1 aromatic rings. The summed E-state index contributed by atoms with van der Waals surface area (Å²) in [6.45, 7) is 14.0. The van der Waals surface area contributed by atoms with Crippen molar-refractivity contribution in [3.8, 4) is 0 Å². The zero-order valence-corrected chi connectivity index (χ0v) is 19.5. The topological polar surface area (TPSA) is 0 Å². The van der Waals surface area contributed by atoms with E-state index in [0.29, 0.717) is 5.92 Å². The zero-order valence-electron chi connectivity index (χ0n) is 17.0. The van der Waals surface area contributed by atoms with Crippen LogP contribution in [0.3, 0.4) is 0 Å². The first-order chi connectivity index (χ1) is 12.0. The van der Waals surface area contributed by atoms with Gasteiger partial charge < -0.3 is 0 Å². The maximum atomic E-state index is 16.5. The molecule has 0 saturated carbocycles. The summed E-state index contributed by atoms with van der Waals surface area (Å²) in [7, 11) is 0. The van der Waals surface area contributed by atoms with E-state index < -0.39 is 28.2 Å². The number of benzene rings is 1. The molecule has 0 radical (unpaired) electrons. The first-order valence-electron chi connectivity index (χ1n) is 9.57. The summed E-state index contributed by atoms with van der Waals surface area (Å²) >= 11 is -5.69. The van der Waals surface area contributed by atoms with E-state index in [-0.39, 0.29) is 0 Å². The van der Waals surface area contributed by atoms with Gasteiger partial charge in [-0.15, -0.1) is 0 Å². The van der Waals surface area contributed by atoms with Gasteiger partial charge in [0.1, 0.15) is 0 Å². The van der Waals surface area contributed by atoms with Crippen LogP contribution in [0.1, 0.15) is 69.6 Å². The molecule has 0 saturated heterocycles. The van der Waals surface area contributed by atoms with Crippen LogP contribution in [-0.4, -0.2) is 0 Å². The van der Waals surface area contributed by atoms with E-state index in [1.54, 1.807) is 0 Å². The second kappa shape index (κ2) is 6.66. The number of halogens is 2. The summed E-state index contributed by atoms with van der Waals surface area (Å²) < 4.78 is 31.4. The van der Waals surface area contributed by atoms with Crippen LogP contribution >= 0.6 is 0 Å². The van der Waals surface area contributed by atoms with E-state index in [2.05, 4.69) is 19.9 Å². The molecular formula is C23H30F2Zr. The molecule has 3 heteroatoms. The van der Waals surface area contributed by atoms with Crippen LogP contribution in [0.2, 0.25) is 3.12 Å². The summed E-state index contributed by atoms with van der Waals surface area (Å²) in [5.41, 5.74) is 6.79. The van der Waals surface area contributed by atoms with Gasteiger partial charge in [-0.2, -0.15) is 0 Å². The van der Waals surface area contributed by atoms with Gasteiger partial charge in [0, 0.05) is 0 Å². The van der Waals surface area contributed by atoms with Crippen LogP contribution in [-0.2, 0) is 21.5 Å². The second-order valence-electron chi connectivity index (χ2n) is 8.63. The third-order valence-corrected chi connectivity index (χ3v) is 15.5.